The number of phenolic OH excluding ortho intramolecular Hbond substituents is 1. The van der Waals surface area contributed by atoms with Crippen LogP contribution in [0.4, 0.5) is 22.0 Å². The first-order chi connectivity index (χ1) is 8.50. The number of nitrogens with two attached hydrogens (primary N) is 1. The maximum Gasteiger partial charge on any atom is 0.420 e. The third-order valence-corrected chi connectivity index (χ3v) is 2.87. The minimum atomic E-state index is -4.92. The Kier molecular flexibility index (Phi) is 4.43. The second-order valence-corrected chi connectivity index (χ2v) is 4.70. The number of rotatable bonds is 3. The highest BCUT2D eigenvalue weighted by molar-refractivity contribution is 9.10. The smallest absolute Gasteiger partial charge is 0.420 e. The number of hydrogen-bond acceptors (Lipinski definition) is 3. The molecule has 0 saturated heterocycles. The minimum Gasteiger partial charge on any atom is -0.507 e. The maximum atomic E-state index is 13.2. The molecular weight excluding hydrogens is 341 g/mol. The minimum absolute atomic E-state index is 0.170. The third kappa shape index (κ3) is 3.34. The van der Waals surface area contributed by atoms with Gasteiger partial charge in [0, 0.05) is 10.0 Å². The molecule has 0 radical (unpaired) electrons. The number of aliphatic hydroxyl groups excluding tert-OH is 1. The van der Waals surface area contributed by atoms with Gasteiger partial charge in [-0.05, 0) is 12.1 Å². The predicted octanol–water partition coefficient (Wildman–Crippen LogP) is 2.80. The van der Waals surface area contributed by atoms with Crippen LogP contribution in [0.15, 0.2) is 16.6 Å². The van der Waals surface area contributed by atoms with Gasteiger partial charge in [0.2, 0.25) is 0 Å². The molecule has 0 amide bonds. The molecule has 0 aliphatic rings. The summed E-state index contributed by atoms with van der Waals surface area (Å²) in [4.78, 5) is 0. The molecule has 0 heterocycles. The average Bonchev–Trinajstić information content (AvgIpc) is 2.29. The molecule has 4 N–H and O–H groups in total. The molecule has 3 nitrogen and oxygen atoms in total. The average molecular weight is 350 g/mol. The lowest BCUT2D eigenvalue weighted by Crippen LogP contribution is -2.36. The molecule has 0 saturated carbocycles. The Balaban J connectivity index is 3.42. The zero-order valence-corrected chi connectivity index (χ0v) is 10.8. The molecule has 0 aromatic heterocycles. The van der Waals surface area contributed by atoms with Gasteiger partial charge in [-0.3, -0.25) is 0 Å². The van der Waals surface area contributed by atoms with Crippen LogP contribution in [-0.4, -0.2) is 22.7 Å². The van der Waals surface area contributed by atoms with Crippen LogP contribution < -0.4 is 5.73 Å². The van der Waals surface area contributed by atoms with Gasteiger partial charge in [0.15, 0.2) is 0 Å². The Morgan fingerprint density at radius 1 is 1.21 bits per heavy atom. The lowest BCUT2D eigenvalue weighted by Gasteiger charge is -2.24. The van der Waals surface area contributed by atoms with Crippen molar-refractivity contribution >= 4 is 15.9 Å². The molecular formula is C10H9BrF5NO2. The fourth-order valence-electron chi connectivity index (χ4n) is 1.40. The maximum absolute atomic E-state index is 13.2. The van der Waals surface area contributed by atoms with Gasteiger partial charge in [-0.1, -0.05) is 15.9 Å². The zero-order chi connectivity index (χ0) is 15.0. The van der Waals surface area contributed by atoms with Crippen LogP contribution in [0.5, 0.6) is 5.75 Å². The van der Waals surface area contributed by atoms with Gasteiger partial charge >= 0.3 is 6.18 Å². The number of phenols is 1. The number of alkyl halides is 5. The van der Waals surface area contributed by atoms with E-state index in [1.807, 2.05) is 0 Å². The molecule has 108 valence electrons. The summed E-state index contributed by atoms with van der Waals surface area (Å²) >= 11 is 2.72. The van der Waals surface area contributed by atoms with Crippen molar-refractivity contribution < 1.29 is 32.2 Å². The summed E-state index contributed by atoms with van der Waals surface area (Å²) in [7, 11) is 0. The Morgan fingerprint density at radius 3 is 2.16 bits per heavy atom. The summed E-state index contributed by atoms with van der Waals surface area (Å²) in [6, 6.07) is -0.877. The molecule has 0 bridgehead atoms. The number of halogens is 6. The Hall–Kier alpha value is -0.930. The number of aromatic hydroxyl groups is 1. The van der Waals surface area contributed by atoms with Crippen molar-refractivity contribution in [3.8, 4) is 5.75 Å². The summed E-state index contributed by atoms with van der Waals surface area (Å²) in [6.07, 6.45) is -4.92. The van der Waals surface area contributed by atoms with E-state index in [9.17, 15) is 27.1 Å². The Labute approximate surface area is 113 Å². The fourth-order valence-corrected chi connectivity index (χ4v) is 1.87. The monoisotopic (exact) mass is 349 g/mol. The Bertz CT molecular complexity index is 478. The molecule has 0 fully saturated rings. The lowest BCUT2D eigenvalue weighted by atomic mass is 9.98. The molecule has 1 rings (SSSR count). The Morgan fingerprint density at radius 2 is 1.74 bits per heavy atom. The third-order valence-electron chi connectivity index (χ3n) is 2.41. The van der Waals surface area contributed by atoms with E-state index in [-0.39, 0.29) is 4.47 Å². The zero-order valence-electron chi connectivity index (χ0n) is 9.18. The number of benzene rings is 1. The molecule has 0 spiro atoms. The first-order valence-electron chi connectivity index (χ1n) is 4.84. The van der Waals surface area contributed by atoms with Gasteiger partial charge in [0.05, 0.1) is 5.56 Å². The van der Waals surface area contributed by atoms with Gasteiger partial charge in [-0.15, -0.1) is 0 Å². The molecule has 0 aliphatic carbocycles. The standard InChI is InChI=1S/C10H9BrF5NO2/c11-4-1-5(8(17)9(12,13)3-18)7(19)6(2-4)10(14,15)16/h1-2,8,18-19H,3,17H2/t8-/m1/s1. The van der Waals surface area contributed by atoms with Crippen LogP contribution in [-0.2, 0) is 6.18 Å². The van der Waals surface area contributed by atoms with E-state index in [2.05, 4.69) is 15.9 Å². The van der Waals surface area contributed by atoms with Crippen LogP contribution in [0.3, 0.4) is 0 Å². The van der Waals surface area contributed by atoms with E-state index < -0.39 is 41.6 Å². The van der Waals surface area contributed by atoms with Crippen LogP contribution in [0, 0.1) is 0 Å². The van der Waals surface area contributed by atoms with Crippen LogP contribution in [0.25, 0.3) is 0 Å². The molecule has 0 aliphatic heterocycles. The highest BCUT2D eigenvalue weighted by atomic mass is 79.9. The van der Waals surface area contributed by atoms with Crippen molar-refractivity contribution in [2.75, 3.05) is 6.61 Å². The largest absolute Gasteiger partial charge is 0.507 e. The van der Waals surface area contributed by atoms with Crippen molar-refractivity contribution in [1.82, 2.24) is 0 Å². The van der Waals surface area contributed by atoms with E-state index in [0.29, 0.717) is 6.07 Å². The second-order valence-electron chi connectivity index (χ2n) is 3.79. The molecule has 9 heteroatoms. The van der Waals surface area contributed by atoms with Crippen molar-refractivity contribution in [3.63, 3.8) is 0 Å². The van der Waals surface area contributed by atoms with E-state index in [1.165, 1.54) is 0 Å². The normalized spacial score (nSPS) is 14.5. The first kappa shape index (κ1) is 16.1. The van der Waals surface area contributed by atoms with Gasteiger partial charge in [0.25, 0.3) is 5.92 Å². The SMILES string of the molecule is N[C@H](c1cc(Br)cc(C(F)(F)F)c1O)C(F)(F)CO. The van der Waals surface area contributed by atoms with Crippen molar-refractivity contribution in [1.29, 1.82) is 0 Å². The summed E-state index contributed by atoms with van der Waals surface area (Å²) in [5, 5.41) is 17.9. The van der Waals surface area contributed by atoms with Crippen LogP contribution in [0.2, 0.25) is 0 Å². The van der Waals surface area contributed by atoms with E-state index in [0.717, 1.165) is 6.07 Å². The van der Waals surface area contributed by atoms with Crippen LogP contribution >= 0.6 is 15.9 Å². The van der Waals surface area contributed by atoms with E-state index in [1.54, 1.807) is 0 Å². The van der Waals surface area contributed by atoms with Gasteiger partial charge in [-0.2, -0.15) is 13.2 Å². The van der Waals surface area contributed by atoms with Gasteiger partial charge in [-0.25, -0.2) is 8.78 Å². The van der Waals surface area contributed by atoms with Crippen molar-refractivity contribution in [2.45, 2.75) is 18.1 Å². The highest BCUT2D eigenvalue weighted by Crippen LogP contribution is 2.43. The first-order valence-corrected chi connectivity index (χ1v) is 5.64. The molecule has 1 aromatic carbocycles. The molecule has 19 heavy (non-hydrogen) atoms. The fraction of sp³-hybridized carbons (Fsp3) is 0.400. The van der Waals surface area contributed by atoms with Gasteiger partial charge in [0.1, 0.15) is 18.4 Å². The van der Waals surface area contributed by atoms with Crippen LogP contribution in [0.1, 0.15) is 17.2 Å². The summed E-state index contributed by atoms with van der Waals surface area (Å²) in [5.41, 5.74) is 2.82. The summed E-state index contributed by atoms with van der Waals surface area (Å²) < 4.78 is 64.0. The number of hydrogen-bond donors (Lipinski definition) is 3. The van der Waals surface area contributed by atoms with E-state index >= 15 is 0 Å². The van der Waals surface area contributed by atoms with Crippen molar-refractivity contribution in [3.05, 3.63) is 27.7 Å². The molecule has 1 aromatic rings. The second kappa shape index (κ2) is 5.22. The predicted molar refractivity (Wildman–Crippen MR) is 59.8 cm³/mol. The quantitative estimate of drug-likeness (QED) is 0.735. The lowest BCUT2D eigenvalue weighted by molar-refractivity contribution is -0.139. The topological polar surface area (TPSA) is 66.5 Å². The van der Waals surface area contributed by atoms with Gasteiger partial charge < -0.3 is 15.9 Å². The van der Waals surface area contributed by atoms with E-state index in [4.69, 9.17) is 10.8 Å². The molecule has 0 unspecified atom stereocenters. The van der Waals surface area contributed by atoms with Crippen molar-refractivity contribution in [2.24, 2.45) is 5.73 Å². The summed E-state index contributed by atoms with van der Waals surface area (Å²) in [6.45, 7) is -1.65. The highest BCUT2D eigenvalue weighted by Gasteiger charge is 2.42. The summed E-state index contributed by atoms with van der Waals surface area (Å²) in [5.74, 6) is -5.24. The number of aliphatic hydroxyl groups is 1. The molecule has 1 atom stereocenters.